The minimum absolute atomic E-state index is 0.0706. The standard InChI is InChI=1S/C23H27N5OS/c1-6-14-28-22(18-10-12-19(13-11-18)27(4)5)25-26-23(28)30-15-21(29)24-20-9-7-8-16(2)17(20)3/h6-13H,1,14-15H2,2-5H3,(H,24,29). The Labute approximate surface area is 182 Å². The Morgan fingerprint density at radius 1 is 1.17 bits per heavy atom. The molecule has 1 N–H and O–H groups in total. The number of benzene rings is 2. The Kier molecular flexibility index (Phi) is 6.95. The summed E-state index contributed by atoms with van der Waals surface area (Å²) in [6.45, 7) is 8.45. The number of carbonyl (C=O) groups is 1. The summed E-state index contributed by atoms with van der Waals surface area (Å²) in [7, 11) is 4.01. The summed E-state index contributed by atoms with van der Waals surface area (Å²) in [6.07, 6.45) is 1.81. The summed E-state index contributed by atoms with van der Waals surface area (Å²) in [6, 6.07) is 14.0. The Hall–Kier alpha value is -3.06. The summed E-state index contributed by atoms with van der Waals surface area (Å²) < 4.78 is 1.98. The van der Waals surface area contributed by atoms with Gasteiger partial charge in [0, 0.05) is 37.6 Å². The second kappa shape index (κ2) is 9.63. The molecule has 0 aliphatic heterocycles. The van der Waals surface area contributed by atoms with Crippen LogP contribution in [0.2, 0.25) is 0 Å². The molecule has 0 unspecified atom stereocenters. The summed E-state index contributed by atoms with van der Waals surface area (Å²) in [4.78, 5) is 14.5. The van der Waals surface area contributed by atoms with Gasteiger partial charge >= 0.3 is 0 Å². The lowest BCUT2D eigenvalue weighted by Gasteiger charge is -2.13. The largest absolute Gasteiger partial charge is 0.378 e. The quantitative estimate of drug-likeness (QED) is 0.427. The molecule has 0 atom stereocenters. The molecule has 1 heterocycles. The van der Waals surface area contributed by atoms with Crippen molar-refractivity contribution in [3.8, 4) is 11.4 Å². The minimum Gasteiger partial charge on any atom is -0.378 e. The highest BCUT2D eigenvalue weighted by Gasteiger charge is 2.15. The number of aryl methyl sites for hydroxylation is 1. The second-order valence-corrected chi connectivity index (χ2v) is 8.17. The molecule has 0 fully saturated rings. The zero-order valence-corrected chi connectivity index (χ0v) is 18.7. The fourth-order valence-corrected chi connectivity index (χ4v) is 3.76. The van der Waals surface area contributed by atoms with E-state index in [1.807, 2.05) is 79.9 Å². The summed E-state index contributed by atoms with van der Waals surface area (Å²) in [5.41, 5.74) is 5.16. The molecule has 30 heavy (non-hydrogen) atoms. The predicted molar refractivity (Wildman–Crippen MR) is 125 cm³/mol. The summed E-state index contributed by atoms with van der Waals surface area (Å²) in [5.74, 6) is 0.943. The molecule has 0 radical (unpaired) electrons. The van der Waals surface area contributed by atoms with Crippen LogP contribution in [-0.2, 0) is 11.3 Å². The van der Waals surface area contributed by atoms with Gasteiger partial charge in [-0.15, -0.1) is 16.8 Å². The van der Waals surface area contributed by atoms with E-state index in [9.17, 15) is 4.79 Å². The highest BCUT2D eigenvalue weighted by Crippen LogP contribution is 2.26. The zero-order valence-electron chi connectivity index (χ0n) is 17.8. The number of carbonyl (C=O) groups excluding carboxylic acids is 1. The van der Waals surface area contributed by atoms with Gasteiger partial charge in [-0.2, -0.15) is 0 Å². The number of anilines is 2. The summed E-state index contributed by atoms with van der Waals surface area (Å²) in [5, 5.41) is 12.4. The van der Waals surface area contributed by atoms with E-state index in [1.54, 1.807) is 6.08 Å². The van der Waals surface area contributed by atoms with Crippen molar-refractivity contribution in [1.29, 1.82) is 0 Å². The van der Waals surface area contributed by atoms with Crippen molar-refractivity contribution >= 4 is 29.0 Å². The zero-order chi connectivity index (χ0) is 21.7. The van der Waals surface area contributed by atoms with Crippen molar-refractivity contribution in [3.05, 3.63) is 66.2 Å². The molecule has 0 aliphatic carbocycles. The molecule has 3 aromatic rings. The third kappa shape index (κ3) is 4.91. The molecule has 6 nitrogen and oxygen atoms in total. The third-order valence-corrected chi connectivity index (χ3v) is 5.85. The number of hydrogen-bond acceptors (Lipinski definition) is 5. The summed E-state index contributed by atoms with van der Waals surface area (Å²) >= 11 is 1.37. The number of nitrogens with zero attached hydrogens (tertiary/aromatic N) is 4. The number of rotatable bonds is 8. The highest BCUT2D eigenvalue weighted by atomic mass is 32.2. The molecule has 3 rings (SSSR count). The van der Waals surface area contributed by atoms with Crippen molar-refractivity contribution in [1.82, 2.24) is 14.8 Å². The van der Waals surface area contributed by atoms with E-state index >= 15 is 0 Å². The normalized spacial score (nSPS) is 10.7. The van der Waals surface area contributed by atoms with Crippen LogP contribution in [0.15, 0.2) is 60.3 Å². The van der Waals surface area contributed by atoms with Crippen molar-refractivity contribution in [2.45, 2.75) is 25.5 Å². The molecular weight excluding hydrogens is 394 g/mol. The average molecular weight is 422 g/mol. The maximum atomic E-state index is 12.5. The van der Waals surface area contributed by atoms with Crippen LogP contribution in [0.5, 0.6) is 0 Å². The number of allylic oxidation sites excluding steroid dienone is 1. The van der Waals surface area contributed by atoms with E-state index in [0.717, 1.165) is 33.9 Å². The Bertz CT molecular complexity index is 1040. The van der Waals surface area contributed by atoms with Crippen molar-refractivity contribution in [2.75, 3.05) is 30.1 Å². The number of hydrogen-bond donors (Lipinski definition) is 1. The van der Waals surface area contributed by atoms with Gasteiger partial charge in [-0.3, -0.25) is 9.36 Å². The first-order valence-corrected chi connectivity index (χ1v) is 10.7. The van der Waals surface area contributed by atoms with E-state index < -0.39 is 0 Å². The van der Waals surface area contributed by atoms with Gasteiger partial charge in [0.2, 0.25) is 5.91 Å². The molecule has 1 aromatic heterocycles. The van der Waals surface area contributed by atoms with E-state index in [-0.39, 0.29) is 11.7 Å². The van der Waals surface area contributed by atoms with E-state index in [1.165, 1.54) is 11.8 Å². The molecule has 0 aliphatic rings. The van der Waals surface area contributed by atoms with Crippen LogP contribution in [0.4, 0.5) is 11.4 Å². The molecular formula is C23H27N5OS. The lowest BCUT2D eigenvalue weighted by Crippen LogP contribution is -2.15. The molecule has 0 spiro atoms. The van der Waals surface area contributed by atoms with Gasteiger partial charge in [-0.05, 0) is 55.3 Å². The first-order valence-electron chi connectivity index (χ1n) is 9.71. The van der Waals surface area contributed by atoms with Crippen LogP contribution in [0.3, 0.4) is 0 Å². The lowest BCUT2D eigenvalue weighted by molar-refractivity contribution is -0.113. The second-order valence-electron chi connectivity index (χ2n) is 7.23. The molecule has 0 saturated heterocycles. The van der Waals surface area contributed by atoms with Gasteiger partial charge in [0.15, 0.2) is 11.0 Å². The van der Waals surface area contributed by atoms with E-state index in [2.05, 4.69) is 22.1 Å². The van der Waals surface area contributed by atoms with Crippen molar-refractivity contribution < 1.29 is 4.79 Å². The molecule has 1 amide bonds. The van der Waals surface area contributed by atoms with Gasteiger partial charge < -0.3 is 10.2 Å². The molecule has 2 aromatic carbocycles. The highest BCUT2D eigenvalue weighted by molar-refractivity contribution is 7.99. The maximum absolute atomic E-state index is 12.5. The van der Waals surface area contributed by atoms with E-state index in [0.29, 0.717) is 11.7 Å². The topological polar surface area (TPSA) is 63.1 Å². The Balaban J connectivity index is 1.74. The number of aromatic nitrogens is 3. The van der Waals surface area contributed by atoms with Crippen molar-refractivity contribution in [3.63, 3.8) is 0 Å². The molecule has 0 saturated carbocycles. The van der Waals surface area contributed by atoms with Gasteiger partial charge in [-0.25, -0.2) is 0 Å². The molecule has 7 heteroatoms. The van der Waals surface area contributed by atoms with Crippen LogP contribution in [0.1, 0.15) is 11.1 Å². The third-order valence-electron chi connectivity index (χ3n) is 4.88. The molecule has 156 valence electrons. The average Bonchev–Trinajstić information content (AvgIpc) is 3.13. The molecule has 0 bridgehead atoms. The van der Waals surface area contributed by atoms with Gasteiger partial charge in [0.25, 0.3) is 0 Å². The lowest BCUT2D eigenvalue weighted by atomic mass is 10.1. The van der Waals surface area contributed by atoms with Crippen LogP contribution >= 0.6 is 11.8 Å². The monoisotopic (exact) mass is 421 g/mol. The fraction of sp³-hybridized carbons (Fsp3) is 0.261. The number of thioether (sulfide) groups is 1. The van der Waals surface area contributed by atoms with Crippen LogP contribution in [0, 0.1) is 13.8 Å². The first-order chi connectivity index (χ1) is 14.4. The Morgan fingerprint density at radius 3 is 2.57 bits per heavy atom. The van der Waals surface area contributed by atoms with Gasteiger partial charge in [0.05, 0.1) is 5.75 Å². The number of amides is 1. The fourth-order valence-electron chi connectivity index (χ4n) is 3.01. The Morgan fingerprint density at radius 2 is 1.90 bits per heavy atom. The SMILES string of the molecule is C=CCn1c(SCC(=O)Nc2cccc(C)c2C)nnc1-c1ccc(N(C)C)cc1. The smallest absolute Gasteiger partial charge is 0.234 e. The predicted octanol–water partition coefficient (Wildman–Crippen LogP) is 4.54. The maximum Gasteiger partial charge on any atom is 0.234 e. The minimum atomic E-state index is -0.0706. The first kappa shape index (κ1) is 21.6. The van der Waals surface area contributed by atoms with Crippen LogP contribution in [0.25, 0.3) is 11.4 Å². The number of nitrogens with one attached hydrogen (secondary N) is 1. The van der Waals surface area contributed by atoms with E-state index in [4.69, 9.17) is 0 Å². The van der Waals surface area contributed by atoms with Crippen molar-refractivity contribution in [2.24, 2.45) is 0 Å². The van der Waals surface area contributed by atoms with Gasteiger partial charge in [-0.1, -0.05) is 30.0 Å². The van der Waals surface area contributed by atoms with Gasteiger partial charge in [0.1, 0.15) is 0 Å². The van der Waals surface area contributed by atoms with Crippen LogP contribution in [-0.4, -0.2) is 40.5 Å². The van der Waals surface area contributed by atoms with Crippen LogP contribution < -0.4 is 10.2 Å².